The number of halogens is 1. The van der Waals surface area contributed by atoms with Crippen molar-refractivity contribution in [1.29, 1.82) is 0 Å². The van der Waals surface area contributed by atoms with E-state index in [-0.39, 0.29) is 29.5 Å². The van der Waals surface area contributed by atoms with Gasteiger partial charge in [0.2, 0.25) is 11.7 Å². The molecule has 0 aliphatic heterocycles. The molecule has 0 bridgehead atoms. The number of aromatic nitrogens is 4. The van der Waals surface area contributed by atoms with Crippen molar-refractivity contribution in [1.82, 2.24) is 19.2 Å². The maximum atomic E-state index is 14.0. The number of amides is 1. The van der Waals surface area contributed by atoms with Gasteiger partial charge in [-0.15, -0.1) is 16.8 Å². The van der Waals surface area contributed by atoms with E-state index < -0.39 is 5.82 Å². The number of hydrogen-bond acceptors (Lipinski definition) is 6. The van der Waals surface area contributed by atoms with Gasteiger partial charge in [-0.3, -0.25) is 18.6 Å². The van der Waals surface area contributed by atoms with E-state index in [0.717, 1.165) is 11.8 Å². The number of nitrogens with zero attached hydrogens (tertiary/aromatic N) is 4. The van der Waals surface area contributed by atoms with Gasteiger partial charge in [-0.25, -0.2) is 4.39 Å². The second-order valence-electron chi connectivity index (χ2n) is 6.75. The van der Waals surface area contributed by atoms with Gasteiger partial charge in [0.15, 0.2) is 16.7 Å². The van der Waals surface area contributed by atoms with Gasteiger partial charge >= 0.3 is 0 Å². The normalized spacial score (nSPS) is 11.1. The monoisotopic (exact) mass is 453 g/mol. The van der Waals surface area contributed by atoms with Crippen LogP contribution in [0, 0.1) is 5.82 Å². The molecule has 2 aromatic carbocycles. The lowest BCUT2D eigenvalue weighted by atomic mass is 10.2. The van der Waals surface area contributed by atoms with Gasteiger partial charge in [0.25, 0.3) is 5.56 Å². The summed E-state index contributed by atoms with van der Waals surface area (Å²) < 4.78 is 22.4. The Labute approximate surface area is 186 Å². The van der Waals surface area contributed by atoms with E-state index in [4.69, 9.17) is 4.74 Å². The molecular formula is C22H20FN5O3S. The quantitative estimate of drug-likeness (QED) is 0.324. The molecule has 8 nitrogen and oxygen atoms in total. The smallest absolute Gasteiger partial charge is 0.263 e. The third-order valence-corrected chi connectivity index (χ3v) is 5.57. The number of carbonyl (C=O) groups is 1. The summed E-state index contributed by atoms with van der Waals surface area (Å²) in [6, 6.07) is 11.4. The highest BCUT2D eigenvalue weighted by Crippen LogP contribution is 2.23. The molecule has 1 N–H and O–H groups in total. The molecule has 32 heavy (non-hydrogen) atoms. The molecule has 2 aromatic heterocycles. The summed E-state index contributed by atoms with van der Waals surface area (Å²) in [7, 11) is 0. The van der Waals surface area contributed by atoms with Crippen LogP contribution < -0.4 is 15.6 Å². The van der Waals surface area contributed by atoms with Crippen molar-refractivity contribution in [3.63, 3.8) is 0 Å². The van der Waals surface area contributed by atoms with Crippen LogP contribution in [-0.4, -0.2) is 37.4 Å². The maximum absolute atomic E-state index is 14.0. The fourth-order valence-electron chi connectivity index (χ4n) is 3.30. The van der Waals surface area contributed by atoms with Crippen molar-refractivity contribution in [2.75, 3.05) is 17.7 Å². The molecule has 1 amide bonds. The summed E-state index contributed by atoms with van der Waals surface area (Å²) in [6.07, 6.45) is 1.61. The number of nitrogens with one attached hydrogen (secondary N) is 1. The highest BCUT2D eigenvalue weighted by Gasteiger charge is 2.17. The molecule has 0 spiro atoms. The molecule has 4 aromatic rings. The number of carbonyl (C=O) groups excluding carboxylic acids is 1. The molecule has 0 atom stereocenters. The van der Waals surface area contributed by atoms with E-state index in [0.29, 0.717) is 34.1 Å². The van der Waals surface area contributed by atoms with Gasteiger partial charge in [-0.2, -0.15) is 0 Å². The van der Waals surface area contributed by atoms with Crippen LogP contribution in [0.15, 0.2) is 65.1 Å². The van der Waals surface area contributed by atoms with Gasteiger partial charge < -0.3 is 10.1 Å². The predicted molar refractivity (Wildman–Crippen MR) is 122 cm³/mol. The zero-order chi connectivity index (χ0) is 22.7. The molecule has 164 valence electrons. The Morgan fingerprint density at radius 2 is 2.09 bits per heavy atom. The van der Waals surface area contributed by atoms with Crippen molar-refractivity contribution in [3.8, 4) is 5.75 Å². The SMILES string of the molecule is C=CCn1c(=O)c2ccccc2n2c(SCC(=O)Nc3ccc(OCC)c(F)c3)nnc12. The molecule has 0 saturated heterocycles. The topological polar surface area (TPSA) is 90.5 Å². The molecule has 0 fully saturated rings. The van der Waals surface area contributed by atoms with Crippen molar-refractivity contribution >= 4 is 40.0 Å². The van der Waals surface area contributed by atoms with Crippen LogP contribution in [0.3, 0.4) is 0 Å². The molecule has 2 heterocycles. The van der Waals surface area contributed by atoms with Gasteiger partial charge in [0.1, 0.15) is 0 Å². The molecule has 0 saturated carbocycles. The van der Waals surface area contributed by atoms with Crippen molar-refractivity contribution < 1.29 is 13.9 Å². The lowest BCUT2D eigenvalue weighted by Crippen LogP contribution is -2.22. The first-order valence-corrected chi connectivity index (χ1v) is 10.8. The lowest BCUT2D eigenvalue weighted by Gasteiger charge is -2.10. The predicted octanol–water partition coefficient (Wildman–Crippen LogP) is 3.50. The summed E-state index contributed by atoms with van der Waals surface area (Å²) in [5.74, 6) is -0.367. The maximum Gasteiger partial charge on any atom is 0.263 e. The Balaban J connectivity index is 1.59. The van der Waals surface area contributed by atoms with Crippen LogP contribution in [0.2, 0.25) is 0 Å². The second kappa shape index (κ2) is 9.23. The fourth-order valence-corrected chi connectivity index (χ4v) is 4.04. The van der Waals surface area contributed by atoms with E-state index in [1.165, 1.54) is 16.7 Å². The first-order valence-electron chi connectivity index (χ1n) is 9.86. The second-order valence-corrected chi connectivity index (χ2v) is 7.70. The van der Waals surface area contributed by atoms with Crippen LogP contribution in [-0.2, 0) is 11.3 Å². The van der Waals surface area contributed by atoms with E-state index in [9.17, 15) is 14.0 Å². The average molecular weight is 453 g/mol. The number of rotatable bonds is 8. The highest BCUT2D eigenvalue weighted by atomic mass is 32.2. The van der Waals surface area contributed by atoms with Crippen molar-refractivity contribution in [2.45, 2.75) is 18.6 Å². The Bertz CT molecular complexity index is 1380. The largest absolute Gasteiger partial charge is 0.491 e. The van der Waals surface area contributed by atoms with Gasteiger partial charge in [0.05, 0.1) is 23.3 Å². The molecule has 0 aliphatic carbocycles. The summed E-state index contributed by atoms with van der Waals surface area (Å²) in [5.41, 5.74) is 0.787. The fraction of sp³-hybridized carbons (Fsp3) is 0.182. The highest BCUT2D eigenvalue weighted by molar-refractivity contribution is 7.99. The molecule has 0 radical (unpaired) electrons. The van der Waals surface area contributed by atoms with E-state index in [1.54, 1.807) is 41.7 Å². The molecule has 0 unspecified atom stereocenters. The number of ether oxygens (including phenoxy) is 1. The van der Waals surface area contributed by atoms with Gasteiger partial charge in [-0.1, -0.05) is 30.0 Å². The lowest BCUT2D eigenvalue weighted by molar-refractivity contribution is -0.113. The number of para-hydroxylation sites is 1. The van der Waals surface area contributed by atoms with Crippen LogP contribution in [0.25, 0.3) is 16.7 Å². The molecule has 0 aliphatic rings. The number of benzene rings is 2. The number of anilines is 1. The number of thioether (sulfide) groups is 1. The first-order chi connectivity index (χ1) is 15.5. The molecular weight excluding hydrogens is 433 g/mol. The van der Waals surface area contributed by atoms with Crippen LogP contribution in [0.4, 0.5) is 10.1 Å². The van der Waals surface area contributed by atoms with E-state index >= 15 is 0 Å². The zero-order valence-electron chi connectivity index (χ0n) is 17.2. The standard InChI is InChI=1S/C22H20FN5O3S/c1-3-11-27-20(30)15-7-5-6-8-17(15)28-21(27)25-26-22(28)32-13-19(29)24-14-9-10-18(31-4-2)16(23)12-14/h3,5-10,12H,1,4,11,13H2,2H3,(H,24,29). The van der Waals surface area contributed by atoms with Crippen LogP contribution >= 0.6 is 11.8 Å². The minimum absolute atomic E-state index is 0.0184. The van der Waals surface area contributed by atoms with E-state index in [1.807, 2.05) is 6.07 Å². The molecule has 10 heteroatoms. The first kappa shape index (κ1) is 21.6. The Morgan fingerprint density at radius 1 is 1.28 bits per heavy atom. The number of allylic oxidation sites excluding steroid dienone is 1. The van der Waals surface area contributed by atoms with Crippen LogP contribution in [0.5, 0.6) is 5.75 Å². The summed E-state index contributed by atoms with van der Waals surface area (Å²) >= 11 is 1.16. The average Bonchev–Trinajstić information content (AvgIpc) is 3.21. The number of fused-ring (bicyclic) bond motifs is 3. The summed E-state index contributed by atoms with van der Waals surface area (Å²) in [6.45, 7) is 6.09. The summed E-state index contributed by atoms with van der Waals surface area (Å²) in [5, 5.41) is 12.0. The van der Waals surface area contributed by atoms with Crippen molar-refractivity contribution in [2.24, 2.45) is 0 Å². The van der Waals surface area contributed by atoms with E-state index in [2.05, 4.69) is 22.1 Å². The Morgan fingerprint density at radius 3 is 2.84 bits per heavy atom. The van der Waals surface area contributed by atoms with Crippen molar-refractivity contribution in [3.05, 3.63) is 71.3 Å². The Kier molecular flexibility index (Phi) is 6.22. The van der Waals surface area contributed by atoms with Gasteiger partial charge in [0, 0.05) is 18.3 Å². The molecule has 4 rings (SSSR count). The van der Waals surface area contributed by atoms with Crippen LogP contribution in [0.1, 0.15) is 6.92 Å². The zero-order valence-corrected chi connectivity index (χ0v) is 18.1. The summed E-state index contributed by atoms with van der Waals surface area (Å²) in [4.78, 5) is 25.3. The number of hydrogen-bond donors (Lipinski definition) is 1. The van der Waals surface area contributed by atoms with Gasteiger partial charge in [-0.05, 0) is 31.2 Å². The Hall–Kier alpha value is -3.66. The third kappa shape index (κ3) is 4.09. The minimum atomic E-state index is -0.549. The third-order valence-electron chi connectivity index (χ3n) is 4.64. The minimum Gasteiger partial charge on any atom is -0.491 e.